The average Bonchev–Trinajstić information content (AvgIpc) is 2.76. The van der Waals surface area contributed by atoms with Gasteiger partial charge >= 0.3 is 0 Å². The van der Waals surface area contributed by atoms with Crippen LogP contribution in [0, 0.1) is 0 Å². The summed E-state index contributed by atoms with van der Waals surface area (Å²) in [5.41, 5.74) is 1.15. The minimum absolute atomic E-state index is 0.158. The first-order valence-corrected chi connectivity index (χ1v) is 13.2. The molecule has 1 atom stereocenters. The van der Waals surface area contributed by atoms with E-state index in [1.807, 2.05) is 31.2 Å². The number of hydrogen-bond acceptors (Lipinski definition) is 5. The first-order chi connectivity index (χ1) is 15.6. The maximum atomic E-state index is 13.4. The van der Waals surface area contributed by atoms with Crippen molar-refractivity contribution in [2.45, 2.75) is 33.4 Å². The number of benzene rings is 2. The van der Waals surface area contributed by atoms with E-state index in [4.69, 9.17) is 4.74 Å². The molecule has 2 aromatic rings. The predicted molar refractivity (Wildman–Crippen MR) is 133 cm³/mol. The van der Waals surface area contributed by atoms with E-state index in [-0.39, 0.29) is 12.5 Å². The number of nitrogens with zero attached hydrogens (tertiary/aromatic N) is 2. The van der Waals surface area contributed by atoms with E-state index >= 15 is 0 Å². The molecule has 0 bridgehead atoms. The Morgan fingerprint density at radius 3 is 2.18 bits per heavy atom. The van der Waals surface area contributed by atoms with Crippen molar-refractivity contribution in [1.82, 2.24) is 10.2 Å². The zero-order valence-corrected chi connectivity index (χ0v) is 21.6. The lowest BCUT2D eigenvalue weighted by atomic mass is 10.1. The summed E-state index contributed by atoms with van der Waals surface area (Å²) in [7, 11) is -3.77. The highest BCUT2D eigenvalue weighted by molar-refractivity contribution is 9.10. The van der Waals surface area contributed by atoms with Gasteiger partial charge in [0.05, 0.1) is 18.6 Å². The van der Waals surface area contributed by atoms with Gasteiger partial charge in [-0.3, -0.25) is 13.9 Å². The molecule has 0 radical (unpaired) electrons. The molecule has 33 heavy (non-hydrogen) atoms. The number of rotatable bonds is 11. The molecule has 2 aromatic carbocycles. The summed E-state index contributed by atoms with van der Waals surface area (Å²) in [6.07, 6.45) is 1.04. The van der Waals surface area contributed by atoms with E-state index in [2.05, 4.69) is 21.2 Å². The van der Waals surface area contributed by atoms with Crippen LogP contribution in [0.4, 0.5) is 5.69 Å². The number of likely N-dealkylation sites (N-methyl/N-ethyl adjacent to an activating group) is 1. The van der Waals surface area contributed by atoms with Gasteiger partial charge in [0.25, 0.3) is 0 Å². The van der Waals surface area contributed by atoms with Gasteiger partial charge in [-0.15, -0.1) is 0 Å². The highest BCUT2D eigenvalue weighted by atomic mass is 79.9. The number of anilines is 1. The van der Waals surface area contributed by atoms with Gasteiger partial charge in [0, 0.05) is 17.6 Å². The Labute approximate surface area is 204 Å². The Morgan fingerprint density at radius 1 is 1.06 bits per heavy atom. The fourth-order valence-corrected chi connectivity index (χ4v) is 4.29. The zero-order valence-electron chi connectivity index (χ0n) is 19.2. The molecule has 0 aromatic heterocycles. The lowest BCUT2D eigenvalue weighted by Gasteiger charge is -2.31. The monoisotopic (exact) mass is 539 g/mol. The molecule has 1 N–H and O–H groups in total. The molecule has 8 nitrogen and oxygen atoms in total. The second kappa shape index (κ2) is 12.0. The molecule has 0 aliphatic heterocycles. The topological polar surface area (TPSA) is 96.0 Å². The summed E-state index contributed by atoms with van der Waals surface area (Å²) >= 11 is 3.38. The molecule has 2 amide bonds. The smallest absolute Gasteiger partial charge is 0.244 e. The van der Waals surface area contributed by atoms with Crippen molar-refractivity contribution in [2.75, 3.05) is 30.3 Å². The summed E-state index contributed by atoms with van der Waals surface area (Å²) in [5, 5.41) is 2.72. The number of sulfonamides is 1. The van der Waals surface area contributed by atoms with Crippen LogP contribution in [0.2, 0.25) is 0 Å². The Balaban J connectivity index is 2.34. The van der Waals surface area contributed by atoms with Crippen molar-refractivity contribution < 1.29 is 22.7 Å². The molecule has 0 spiro atoms. The molecule has 0 unspecified atom stereocenters. The lowest BCUT2D eigenvalue weighted by molar-refractivity contribution is -0.139. The maximum Gasteiger partial charge on any atom is 0.244 e. The van der Waals surface area contributed by atoms with Crippen LogP contribution in [0.25, 0.3) is 0 Å². The number of nitrogens with one attached hydrogen (secondary N) is 1. The largest absolute Gasteiger partial charge is 0.494 e. The van der Waals surface area contributed by atoms with Gasteiger partial charge in [-0.1, -0.05) is 28.1 Å². The van der Waals surface area contributed by atoms with E-state index in [0.29, 0.717) is 24.6 Å². The second-order valence-electron chi connectivity index (χ2n) is 7.42. The first kappa shape index (κ1) is 26.7. The zero-order chi connectivity index (χ0) is 24.6. The highest BCUT2D eigenvalue weighted by Crippen LogP contribution is 2.22. The molecule has 0 fully saturated rings. The van der Waals surface area contributed by atoms with Gasteiger partial charge in [0.15, 0.2) is 0 Å². The summed E-state index contributed by atoms with van der Waals surface area (Å²) in [5.74, 6) is -0.200. The molecule has 2 rings (SSSR count). The van der Waals surface area contributed by atoms with Crippen molar-refractivity contribution >= 4 is 43.5 Å². The number of hydrogen-bond donors (Lipinski definition) is 1. The van der Waals surface area contributed by atoms with Gasteiger partial charge in [-0.25, -0.2) is 8.42 Å². The molecule has 0 saturated heterocycles. The van der Waals surface area contributed by atoms with Crippen LogP contribution in [0.3, 0.4) is 0 Å². The summed E-state index contributed by atoms with van der Waals surface area (Å²) < 4.78 is 32.4. The SMILES string of the molecule is CCNC(=O)[C@H](C)N(Cc1ccc(Br)cc1)C(=O)CN(c1ccc(OCC)cc1)S(C)(=O)=O. The molecule has 0 saturated carbocycles. The van der Waals surface area contributed by atoms with E-state index in [0.717, 1.165) is 20.6 Å². The molecule has 0 heterocycles. The van der Waals surface area contributed by atoms with Crippen molar-refractivity contribution in [3.05, 3.63) is 58.6 Å². The number of ether oxygens (including phenoxy) is 1. The van der Waals surface area contributed by atoms with E-state index < -0.39 is 28.5 Å². The molecule has 0 aliphatic carbocycles. The average molecular weight is 540 g/mol. The van der Waals surface area contributed by atoms with Gasteiger partial charge in [0.2, 0.25) is 21.8 Å². The van der Waals surface area contributed by atoms with Gasteiger partial charge in [-0.05, 0) is 62.7 Å². The van der Waals surface area contributed by atoms with Crippen molar-refractivity contribution in [3.8, 4) is 5.75 Å². The van der Waals surface area contributed by atoms with Crippen LogP contribution in [0.1, 0.15) is 26.3 Å². The molecule has 0 aliphatic rings. The van der Waals surface area contributed by atoms with Crippen molar-refractivity contribution in [3.63, 3.8) is 0 Å². The maximum absolute atomic E-state index is 13.4. The van der Waals surface area contributed by atoms with Crippen LogP contribution in [-0.2, 0) is 26.2 Å². The summed E-state index contributed by atoms with van der Waals surface area (Å²) in [6, 6.07) is 13.1. The Morgan fingerprint density at radius 2 is 1.67 bits per heavy atom. The number of amides is 2. The van der Waals surface area contributed by atoms with Crippen molar-refractivity contribution in [1.29, 1.82) is 0 Å². The van der Waals surface area contributed by atoms with Crippen LogP contribution < -0.4 is 14.4 Å². The van der Waals surface area contributed by atoms with Crippen LogP contribution >= 0.6 is 15.9 Å². The molecular formula is C23H30BrN3O5S. The van der Waals surface area contributed by atoms with Crippen LogP contribution in [0.15, 0.2) is 53.0 Å². The van der Waals surface area contributed by atoms with Crippen LogP contribution in [-0.4, -0.2) is 57.1 Å². The van der Waals surface area contributed by atoms with E-state index in [9.17, 15) is 18.0 Å². The standard InChI is InChI=1S/C23H30BrN3O5S/c1-5-25-23(29)17(3)26(15-18-7-9-19(24)10-8-18)22(28)16-27(33(4,30)31)20-11-13-21(14-12-20)32-6-2/h7-14,17H,5-6,15-16H2,1-4H3,(H,25,29)/t17-/m0/s1. The minimum Gasteiger partial charge on any atom is -0.494 e. The first-order valence-electron chi connectivity index (χ1n) is 10.6. The lowest BCUT2D eigenvalue weighted by Crippen LogP contribution is -2.51. The van der Waals surface area contributed by atoms with Gasteiger partial charge in [-0.2, -0.15) is 0 Å². The fraction of sp³-hybridized carbons (Fsp3) is 0.391. The third-order valence-corrected chi connectivity index (χ3v) is 6.57. The molecular weight excluding hydrogens is 510 g/mol. The number of carbonyl (C=O) groups is 2. The van der Waals surface area contributed by atoms with E-state index in [1.54, 1.807) is 38.1 Å². The Bertz CT molecular complexity index is 1040. The quantitative estimate of drug-likeness (QED) is 0.473. The predicted octanol–water partition coefficient (Wildman–Crippen LogP) is 3.17. The van der Waals surface area contributed by atoms with Gasteiger partial charge in [0.1, 0.15) is 18.3 Å². The minimum atomic E-state index is -3.77. The third kappa shape index (κ3) is 7.75. The van der Waals surface area contributed by atoms with E-state index in [1.165, 1.54) is 4.90 Å². The Kier molecular flexibility index (Phi) is 9.72. The Hall–Kier alpha value is -2.59. The molecule has 10 heteroatoms. The van der Waals surface area contributed by atoms with Crippen LogP contribution in [0.5, 0.6) is 5.75 Å². The summed E-state index contributed by atoms with van der Waals surface area (Å²) in [4.78, 5) is 27.3. The number of carbonyl (C=O) groups excluding carboxylic acids is 2. The highest BCUT2D eigenvalue weighted by Gasteiger charge is 2.29. The third-order valence-electron chi connectivity index (χ3n) is 4.90. The fourth-order valence-electron chi connectivity index (χ4n) is 3.18. The second-order valence-corrected chi connectivity index (χ2v) is 10.2. The van der Waals surface area contributed by atoms with Gasteiger partial charge < -0.3 is 15.0 Å². The number of halogens is 1. The molecule has 180 valence electrons. The van der Waals surface area contributed by atoms with Crippen molar-refractivity contribution in [2.24, 2.45) is 0 Å². The normalized spacial score (nSPS) is 12.0. The summed E-state index contributed by atoms with van der Waals surface area (Å²) in [6.45, 7) is 5.90.